The van der Waals surface area contributed by atoms with E-state index in [1.165, 1.54) is 0 Å². The smallest absolute Gasteiger partial charge is 0.462 e. The Morgan fingerprint density at radius 3 is 1.82 bits per heavy atom. The van der Waals surface area contributed by atoms with Gasteiger partial charge in [-0.25, -0.2) is 4.79 Å². The van der Waals surface area contributed by atoms with E-state index in [2.05, 4.69) is 6.58 Å². The molecular weight excluding hydrogens is 464 g/mol. The van der Waals surface area contributed by atoms with Crippen LogP contribution in [0.25, 0.3) is 0 Å². The molecule has 0 aromatic heterocycles. The van der Waals surface area contributed by atoms with E-state index in [0.717, 1.165) is 18.9 Å². The Kier molecular flexibility index (Phi) is 21.6. The second kappa shape index (κ2) is 20.7. The third-order valence-corrected chi connectivity index (χ3v) is 10.5. The number of esters is 1. The van der Waals surface area contributed by atoms with Gasteiger partial charge >= 0.3 is 23.6 Å². The molecule has 1 atom stereocenters. The molecule has 0 heterocycles. The van der Waals surface area contributed by atoms with E-state index in [1.807, 2.05) is 20.8 Å². The molecule has 10 nitrogen and oxygen atoms in total. The van der Waals surface area contributed by atoms with E-state index in [4.69, 9.17) is 42.8 Å². The Morgan fingerprint density at radius 1 is 0.909 bits per heavy atom. The first kappa shape index (κ1) is 34.5. The van der Waals surface area contributed by atoms with Crippen LogP contribution in [-0.2, 0) is 36.1 Å². The van der Waals surface area contributed by atoms with Crippen LogP contribution in [0.15, 0.2) is 12.2 Å². The molecule has 0 fully saturated rings. The molecule has 12 heteroatoms. The summed E-state index contributed by atoms with van der Waals surface area (Å²) in [7, 11) is -0.419. The summed E-state index contributed by atoms with van der Waals surface area (Å²) in [6.07, 6.45) is 2.39. The SMILES string of the molecule is C=C(C)C(=O)OCCC[Si](OC)(OC)OC.CCO[Si](CCCN)(OCC)OC(C)CCN. The first-order valence-corrected chi connectivity index (χ1v) is 15.4. The van der Waals surface area contributed by atoms with Gasteiger partial charge in [0.05, 0.1) is 6.61 Å². The van der Waals surface area contributed by atoms with Gasteiger partial charge in [-0.2, -0.15) is 0 Å². The molecule has 0 aliphatic heterocycles. The fraction of sp³-hybridized carbons (Fsp3) is 0.857. The van der Waals surface area contributed by atoms with Crippen molar-refractivity contribution in [1.29, 1.82) is 0 Å². The van der Waals surface area contributed by atoms with E-state index >= 15 is 0 Å². The van der Waals surface area contributed by atoms with E-state index in [1.54, 1.807) is 28.3 Å². The van der Waals surface area contributed by atoms with Crippen LogP contribution >= 0.6 is 0 Å². The van der Waals surface area contributed by atoms with Crippen molar-refractivity contribution in [2.45, 2.75) is 65.1 Å². The molecule has 0 bridgehead atoms. The van der Waals surface area contributed by atoms with Crippen molar-refractivity contribution < 1.29 is 36.1 Å². The summed E-state index contributed by atoms with van der Waals surface area (Å²) in [6.45, 7) is 13.8. The standard InChI is InChI=1S/C11H28N2O3Si.C10H20O5Si/c1-4-14-17(15-5-2,10-6-8-12)16-11(3)7-9-13;1-9(2)10(11)15-7-6-8-16(12-3,13-4)14-5/h11H,4-10,12-13H2,1-3H3;1,6-8H2,2-5H3. The molecule has 198 valence electrons. The molecule has 0 aliphatic carbocycles. The van der Waals surface area contributed by atoms with Crippen LogP contribution in [0.1, 0.15) is 47.0 Å². The summed E-state index contributed by atoms with van der Waals surface area (Å²) in [5, 5.41) is 0. The highest BCUT2D eigenvalue weighted by Crippen LogP contribution is 2.20. The van der Waals surface area contributed by atoms with E-state index < -0.39 is 17.6 Å². The van der Waals surface area contributed by atoms with Gasteiger partial charge in [0, 0.05) is 58.3 Å². The average molecular weight is 513 g/mol. The van der Waals surface area contributed by atoms with Crippen LogP contribution in [0.3, 0.4) is 0 Å². The zero-order valence-corrected chi connectivity index (χ0v) is 23.8. The zero-order valence-electron chi connectivity index (χ0n) is 21.8. The van der Waals surface area contributed by atoms with Crippen molar-refractivity contribution >= 4 is 23.6 Å². The molecule has 0 amide bonds. The largest absolute Gasteiger partial charge is 0.501 e. The lowest BCUT2D eigenvalue weighted by Crippen LogP contribution is -2.48. The Morgan fingerprint density at radius 2 is 1.42 bits per heavy atom. The maximum absolute atomic E-state index is 11.1. The third-order valence-electron chi connectivity index (χ3n) is 4.51. The van der Waals surface area contributed by atoms with Crippen molar-refractivity contribution in [2.75, 3.05) is 54.2 Å². The number of hydrogen-bond acceptors (Lipinski definition) is 10. The normalized spacial score (nSPS) is 12.6. The maximum atomic E-state index is 11.1. The van der Waals surface area contributed by atoms with Crippen molar-refractivity contribution in [1.82, 2.24) is 0 Å². The fourth-order valence-electron chi connectivity index (χ4n) is 2.80. The number of rotatable bonds is 19. The molecule has 0 saturated carbocycles. The number of carbonyl (C=O) groups excluding carboxylic acids is 1. The zero-order chi connectivity index (χ0) is 25.8. The van der Waals surface area contributed by atoms with Crippen LogP contribution in [-0.4, -0.2) is 83.9 Å². The highest BCUT2D eigenvalue weighted by atomic mass is 28.4. The lowest BCUT2D eigenvalue weighted by molar-refractivity contribution is -0.139. The summed E-state index contributed by atoms with van der Waals surface area (Å²) >= 11 is 0. The molecule has 0 aromatic rings. The van der Waals surface area contributed by atoms with Crippen molar-refractivity contribution in [2.24, 2.45) is 11.5 Å². The van der Waals surface area contributed by atoms with Gasteiger partial charge in [-0.1, -0.05) is 6.58 Å². The van der Waals surface area contributed by atoms with Gasteiger partial charge < -0.3 is 42.8 Å². The van der Waals surface area contributed by atoms with Gasteiger partial charge in [-0.3, -0.25) is 0 Å². The van der Waals surface area contributed by atoms with Crippen LogP contribution < -0.4 is 11.5 Å². The lowest BCUT2D eigenvalue weighted by atomic mass is 10.3. The number of ether oxygens (including phenoxy) is 1. The lowest BCUT2D eigenvalue weighted by Gasteiger charge is -2.31. The van der Waals surface area contributed by atoms with Gasteiger partial charge in [0.25, 0.3) is 0 Å². The van der Waals surface area contributed by atoms with Crippen LogP contribution in [0.5, 0.6) is 0 Å². The Bertz CT molecular complexity index is 496. The molecular formula is C21H48N2O8Si2. The fourth-order valence-corrected chi connectivity index (χ4v) is 7.37. The van der Waals surface area contributed by atoms with Gasteiger partial charge in [0.15, 0.2) is 0 Å². The second-order valence-electron chi connectivity index (χ2n) is 7.26. The molecule has 4 N–H and O–H groups in total. The van der Waals surface area contributed by atoms with Crippen molar-refractivity contribution in [3.63, 3.8) is 0 Å². The maximum Gasteiger partial charge on any atom is 0.501 e. The van der Waals surface area contributed by atoms with E-state index in [9.17, 15) is 4.79 Å². The first-order chi connectivity index (χ1) is 15.6. The summed E-state index contributed by atoms with van der Waals surface area (Å²) < 4.78 is 38.2. The average Bonchev–Trinajstić information content (AvgIpc) is 2.79. The summed E-state index contributed by atoms with van der Waals surface area (Å²) in [4.78, 5) is 11.1. The quantitative estimate of drug-likeness (QED) is 0.115. The Balaban J connectivity index is 0. The first-order valence-electron chi connectivity index (χ1n) is 11.5. The predicted molar refractivity (Wildman–Crippen MR) is 134 cm³/mol. The van der Waals surface area contributed by atoms with Crippen LogP contribution in [0, 0.1) is 0 Å². The highest BCUT2D eigenvalue weighted by molar-refractivity contribution is 6.61. The third kappa shape index (κ3) is 15.8. The van der Waals surface area contributed by atoms with Crippen molar-refractivity contribution in [3.05, 3.63) is 12.2 Å². The van der Waals surface area contributed by atoms with Gasteiger partial charge in [-0.15, -0.1) is 0 Å². The van der Waals surface area contributed by atoms with E-state index in [-0.39, 0.29) is 12.1 Å². The monoisotopic (exact) mass is 512 g/mol. The minimum Gasteiger partial charge on any atom is -0.462 e. The van der Waals surface area contributed by atoms with Crippen molar-refractivity contribution in [3.8, 4) is 0 Å². The number of nitrogens with two attached hydrogens (primary N) is 2. The van der Waals surface area contributed by atoms with Gasteiger partial charge in [0.1, 0.15) is 0 Å². The molecule has 0 rings (SSSR count). The molecule has 0 spiro atoms. The minimum atomic E-state index is -2.55. The Hall–Kier alpha value is -0.676. The van der Waals surface area contributed by atoms with Crippen LogP contribution in [0.2, 0.25) is 12.1 Å². The Labute approximate surface area is 202 Å². The molecule has 0 aliphatic rings. The highest BCUT2D eigenvalue weighted by Gasteiger charge is 2.41. The predicted octanol–water partition coefficient (Wildman–Crippen LogP) is 2.47. The molecule has 1 unspecified atom stereocenters. The van der Waals surface area contributed by atoms with Gasteiger partial charge in [0.2, 0.25) is 0 Å². The summed E-state index contributed by atoms with van der Waals surface area (Å²) in [5.41, 5.74) is 11.5. The summed E-state index contributed by atoms with van der Waals surface area (Å²) in [5.74, 6) is -0.375. The number of hydrogen-bond donors (Lipinski definition) is 2. The van der Waals surface area contributed by atoms with E-state index in [0.29, 0.717) is 50.9 Å². The molecule has 0 aromatic carbocycles. The van der Waals surface area contributed by atoms with Crippen LogP contribution in [0.4, 0.5) is 0 Å². The topological polar surface area (TPSA) is 134 Å². The molecule has 33 heavy (non-hydrogen) atoms. The summed E-state index contributed by atoms with van der Waals surface area (Å²) in [6, 6.07) is 1.39. The number of carbonyl (C=O) groups is 1. The minimum absolute atomic E-state index is 0.0718. The second-order valence-corrected chi connectivity index (χ2v) is 13.0. The van der Waals surface area contributed by atoms with Gasteiger partial charge in [-0.05, 0) is 60.0 Å². The molecule has 0 radical (unpaired) electrons. The molecule has 0 saturated heterocycles.